The van der Waals surface area contributed by atoms with Gasteiger partial charge in [0.1, 0.15) is 0 Å². The van der Waals surface area contributed by atoms with Crippen molar-refractivity contribution in [1.29, 1.82) is 0 Å². The van der Waals surface area contributed by atoms with Crippen LogP contribution in [0.4, 0.5) is 0 Å². The van der Waals surface area contributed by atoms with Gasteiger partial charge in [-0.3, -0.25) is 0 Å². The van der Waals surface area contributed by atoms with Gasteiger partial charge in [0.2, 0.25) is 0 Å². The van der Waals surface area contributed by atoms with E-state index in [0.717, 1.165) is 5.70 Å². The molecular formula is C13H19N3. The van der Waals surface area contributed by atoms with Crippen molar-refractivity contribution < 1.29 is 0 Å². The fraction of sp³-hybridized carbons (Fsp3) is 0.385. The van der Waals surface area contributed by atoms with Gasteiger partial charge in [-0.2, -0.15) is 5.53 Å². The zero-order valence-electron chi connectivity index (χ0n) is 9.88. The Morgan fingerprint density at radius 2 is 1.75 bits per heavy atom. The highest BCUT2D eigenvalue weighted by Gasteiger charge is 2.08. The molecule has 3 heteroatoms. The second-order valence-electron chi connectivity index (χ2n) is 4.09. The number of hydrazine groups is 2. The molecular weight excluding hydrogens is 198 g/mol. The van der Waals surface area contributed by atoms with Gasteiger partial charge in [-0.15, -0.1) is 0 Å². The van der Waals surface area contributed by atoms with Crippen LogP contribution < -0.4 is 16.4 Å². The summed E-state index contributed by atoms with van der Waals surface area (Å²) in [5, 5.41) is 0. The first kappa shape index (κ1) is 11.0. The molecule has 0 fully saturated rings. The quantitative estimate of drug-likeness (QED) is 0.725. The fourth-order valence-electron chi connectivity index (χ4n) is 2.10. The van der Waals surface area contributed by atoms with Crippen molar-refractivity contribution in [2.45, 2.75) is 32.6 Å². The van der Waals surface area contributed by atoms with Gasteiger partial charge in [-0.25, -0.2) is 0 Å². The van der Waals surface area contributed by atoms with E-state index >= 15 is 0 Å². The van der Waals surface area contributed by atoms with E-state index in [-0.39, 0.29) is 0 Å². The molecule has 0 saturated carbocycles. The monoisotopic (exact) mass is 217 g/mol. The Morgan fingerprint density at radius 3 is 2.25 bits per heavy atom. The third-order valence-electron chi connectivity index (χ3n) is 3.16. The molecule has 1 aliphatic heterocycles. The predicted molar refractivity (Wildman–Crippen MR) is 67.1 cm³/mol. The van der Waals surface area contributed by atoms with Gasteiger partial charge in [0.05, 0.1) is 5.70 Å². The van der Waals surface area contributed by atoms with Gasteiger partial charge in [-0.05, 0) is 24.3 Å². The minimum atomic E-state index is 0.691. The molecule has 0 spiro atoms. The molecule has 1 aliphatic rings. The lowest BCUT2D eigenvalue weighted by atomic mass is 9.93. The van der Waals surface area contributed by atoms with Crippen molar-refractivity contribution >= 4 is 5.70 Å². The van der Waals surface area contributed by atoms with Crippen molar-refractivity contribution in [3.05, 3.63) is 41.6 Å². The topological polar surface area (TPSA) is 36.1 Å². The smallest absolute Gasteiger partial charge is 0.0749 e. The number of hydrogen-bond donors (Lipinski definition) is 3. The zero-order chi connectivity index (χ0) is 11.4. The molecule has 0 amide bonds. The predicted octanol–water partition coefficient (Wildman–Crippen LogP) is 2.50. The first-order valence-corrected chi connectivity index (χ1v) is 5.92. The van der Waals surface area contributed by atoms with E-state index in [1.54, 1.807) is 0 Å². The summed E-state index contributed by atoms with van der Waals surface area (Å²) in [7, 11) is 0. The maximum Gasteiger partial charge on any atom is 0.0749 e. The van der Waals surface area contributed by atoms with Crippen LogP contribution >= 0.6 is 0 Å². The number of benzene rings is 1. The van der Waals surface area contributed by atoms with Crippen molar-refractivity contribution in [3.8, 4) is 0 Å². The summed E-state index contributed by atoms with van der Waals surface area (Å²) in [4.78, 5) is 0. The lowest BCUT2D eigenvalue weighted by Gasteiger charge is -2.13. The summed E-state index contributed by atoms with van der Waals surface area (Å²) >= 11 is 0. The summed E-state index contributed by atoms with van der Waals surface area (Å²) in [5.41, 5.74) is 12.5. The second kappa shape index (κ2) is 5.03. The van der Waals surface area contributed by atoms with E-state index in [4.69, 9.17) is 0 Å². The lowest BCUT2D eigenvalue weighted by Crippen LogP contribution is -2.31. The average molecular weight is 217 g/mol. The van der Waals surface area contributed by atoms with Crippen LogP contribution in [0.3, 0.4) is 0 Å². The van der Waals surface area contributed by atoms with E-state index in [1.807, 2.05) is 6.20 Å². The van der Waals surface area contributed by atoms with Crippen LogP contribution in [0.5, 0.6) is 0 Å². The van der Waals surface area contributed by atoms with Crippen LogP contribution in [0.2, 0.25) is 0 Å². The number of hydrogen-bond acceptors (Lipinski definition) is 3. The standard InChI is InChI=1S/C13H19N3/c1-3-10(4-2)11-5-7-12(8-6-11)13-9-14-16-15-13/h5-10,14-16H,3-4H2,1-2H3. The summed E-state index contributed by atoms with van der Waals surface area (Å²) < 4.78 is 0. The van der Waals surface area contributed by atoms with Crippen molar-refractivity contribution in [1.82, 2.24) is 16.4 Å². The van der Waals surface area contributed by atoms with Gasteiger partial charge in [0.15, 0.2) is 0 Å². The van der Waals surface area contributed by atoms with Gasteiger partial charge in [-0.1, -0.05) is 38.1 Å². The highest BCUT2D eigenvalue weighted by atomic mass is 15.6. The summed E-state index contributed by atoms with van der Waals surface area (Å²) in [6, 6.07) is 8.80. The lowest BCUT2D eigenvalue weighted by molar-refractivity contribution is 0.620. The summed E-state index contributed by atoms with van der Waals surface area (Å²) in [6.07, 6.45) is 4.34. The van der Waals surface area contributed by atoms with E-state index in [9.17, 15) is 0 Å². The van der Waals surface area contributed by atoms with Gasteiger partial charge in [0, 0.05) is 11.8 Å². The van der Waals surface area contributed by atoms with Crippen LogP contribution in [-0.4, -0.2) is 0 Å². The van der Waals surface area contributed by atoms with E-state index in [2.05, 4.69) is 54.5 Å². The summed E-state index contributed by atoms with van der Waals surface area (Å²) in [6.45, 7) is 4.49. The largest absolute Gasteiger partial charge is 0.309 e. The van der Waals surface area contributed by atoms with E-state index in [1.165, 1.54) is 24.0 Å². The second-order valence-corrected chi connectivity index (χ2v) is 4.09. The van der Waals surface area contributed by atoms with Gasteiger partial charge in [0.25, 0.3) is 0 Å². The molecule has 86 valence electrons. The molecule has 3 N–H and O–H groups in total. The number of nitrogens with one attached hydrogen (secondary N) is 3. The molecule has 1 aromatic rings. The molecule has 0 saturated heterocycles. The van der Waals surface area contributed by atoms with Crippen molar-refractivity contribution in [2.24, 2.45) is 0 Å². The molecule has 0 aromatic heterocycles. The third kappa shape index (κ3) is 2.19. The Balaban J connectivity index is 2.15. The maximum absolute atomic E-state index is 3.05. The van der Waals surface area contributed by atoms with Gasteiger partial charge >= 0.3 is 0 Å². The van der Waals surface area contributed by atoms with Crippen molar-refractivity contribution in [3.63, 3.8) is 0 Å². The molecule has 0 aliphatic carbocycles. The number of rotatable bonds is 4. The van der Waals surface area contributed by atoms with Crippen LogP contribution in [0.1, 0.15) is 43.7 Å². The van der Waals surface area contributed by atoms with E-state index in [0.29, 0.717) is 5.92 Å². The molecule has 0 unspecified atom stereocenters. The van der Waals surface area contributed by atoms with Gasteiger partial charge < -0.3 is 10.9 Å². The molecule has 0 atom stereocenters. The van der Waals surface area contributed by atoms with Crippen LogP contribution in [0.15, 0.2) is 30.5 Å². The maximum atomic E-state index is 3.05. The normalized spacial score (nSPS) is 14.6. The highest BCUT2D eigenvalue weighted by molar-refractivity contribution is 5.64. The molecule has 3 nitrogen and oxygen atoms in total. The van der Waals surface area contributed by atoms with Crippen LogP contribution in [-0.2, 0) is 0 Å². The SMILES string of the molecule is CCC(CC)c1ccc(C2=CNNN2)cc1. The highest BCUT2D eigenvalue weighted by Crippen LogP contribution is 2.24. The minimum absolute atomic E-state index is 0.691. The Kier molecular flexibility index (Phi) is 3.47. The molecule has 0 bridgehead atoms. The molecule has 16 heavy (non-hydrogen) atoms. The zero-order valence-corrected chi connectivity index (χ0v) is 9.88. The molecule has 1 heterocycles. The Labute approximate surface area is 96.9 Å². The summed E-state index contributed by atoms with van der Waals surface area (Å²) in [5.74, 6) is 0.691. The Hall–Kier alpha value is -1.48. The fourth-order valence-corrected chi connectivity index (χ4v) is 2.10. The average Bonchev–Trinajstić information content (AvgIpc) is 2.85. The minimum Gasteiger partial charge on any atom is -0.309 e. The first-order chi connectivity index (χ1) is 7.85. The van der Waals surface area contributed by atoms with Crippen molar-refractivity contribution in [2.75, 3.05) is 0 Å². The van der Waals surface area contributed by atoms with Crippen LogP contribution in [0, 0.1) is 0 Å². The first-order valence-electron chi connectivity index (χ1n) is 5.92. The Bertz CT molecular complexity index is 363. The third-order valence-corrected chi connectivity index (χ3v) is 3.16. The molecule has 1 aromatic carbocycles. The van der Waals surface area contributed by atoms with E-state index < -0.39 is 0 Å². The molecule has 0 radical (unpaired) electrons. The molecule has 2 rings (SSSR count). The van der Waals surface area contributed by atoms with Crippen LogP contribution in [0.25, 0.3) is 5.70 Å². The Morgan fingerprint density at radius 1 is 1.06 bits per heavy atom.